The largest absolute Gasteiger partial charge is 0.277 e. The summed E-state index contributed by atoms with van der Waals surface area (Å²) in [6.45, 7) is 1.41. The molecule has 0 atom stereocenters. The first kappa shape index (κ1) is 26.3. The lowest BCUT2D eigenvalue weighted by Crippen LogP contribution is -2.78. The predicted molar refractivity (Wildman–Crippen MR) is 161 cm³/mol. The number of hydrogen-bond acceptors (Lipinski definition) is 10. The van der Waals surface area contributed by atoms with E-state index >= 15 is 0 Å². The topological polar surface area (TPSA) is 49.7 Å². The molecule has 6 nitrogen and oxygen atoms in total. The van der Waals surface area contributed by atoms with E-state index in [1.165, 1.54) is 11.1 Å². The number of thioether (sulfide) groups is 4. The van der Waals surface area contributed by atoms with E-state index in [4.69, 9.17) is 19.7 Å². The van der Waals surface area contributed by atoms with Crippen molar-refractivity contribution < 1.29 is 9.68 Å². The number of rotatable bonds is 4. The second kappa shape index (κ2) is 10.5. The van der Waals surface area contributed by atoms with Gasteiger partial charge in [-0.3, -0.25) is 29.8 Å². The van der Waals surface area contributed by atoms with E-state index in [0.29, 0.717) is 13.1 Å². The third-order valence-corrected chi connectivity index (χ3v) is 11.5. The first-order chi connectivity index (χ1) is 17.5. The summed E-state index contributed by atoms with van der Waals surface area (Å²) in [6, 6.07) is 17.1. The lowest BCUT2D eigenvalue weighted by molar-refractivity contribution is 0.0177. The molecule has 3 aliphatic rings. The summed E-state index contributed by atoms with van der Waals surface area (Å²) in [6.07, 6.45) is 8.43. The van der Waals surface area contributed by atoms with Crippen LogP contribution in [0.25, 0.3) is 0 Å². The Kier molecular flexibility index (Phi) is 7.64. The van der Waals surface area contributed by atoms with Crippen LogP contribution in [-0.4, -0.2) is 73.2 Å². The summed E-state index contributed by atoms with van der Waals surface area (Å²) in [5, 5.41) is 4.05. The maximum Gasteiger partial charge on any atom is 0.124 e. The second-order valence-corrected chi connectivity index (χ2v) is 12.7. The Hall–Kier alpha value is -1.30. The van der Waals surface area contributed by atoms with Gasteiger partial charge in [0.05, 0.1) is 61.6 Å². The third kappa shape index (κ3) is 3.66. The summed E-state index contributed by atoms with van der Waals surface area (Å²) >= 11 is 6.84. The van der Waals surface area contributed by atoms with Crippen LogP contribution in [-0.2, 0) is 20.5 Å². The number of anilines is 2. The van der Waals surface area contributed by atoms with Crippen molar-refractivity contribution in [3.8, 4) is 0 Å². The molecule has 2 heterocycles. The second-order valence-electron chi connectivity index (χ2n) is 8.96. The van der Waals surface area contributed by atoms with E-state index in [1.54, 1.807) is 61.3 Å². The van der Waals surface area contributed by atoms with Crippen molar-refractivity contribution in [2.45, 2.75) is 22.9 Å². The van der Waals surface area contributed by atoms with Crippen LogP contribution in [0.4, 0.5) is 11.4 Å². The van der Waals surface area contributed by atoms with Crippen molar-refractivity contribution in [2.75, 3.05) is 62.5 Å². The van der Waals surface area contributed by atoms with Crippen LogP contribution in [0, 0.1) is 0 Å². The average Bonchev–Trinajstić information content (AvgIpc) is 3.46. The maximum atomic E-state index is 5.92. The van der Waals surface area contributed by atoms with Crippen molar-refractivity contribution in [2.24, 2.45) is 9.98 Å². The summed E-state index contributed by atoms with van der Waals surface area (Å²) in [5.41, 5.74) is 4.06. The maximum absolute atomic E-state index is 5.92. The van der Waals surface area contributed by atoms with Crippen LogP contribution in [0.3, 0.4) is 0 Å². The third-order valence-electron chi connectivity index (χ3n) is 7.72. The van der Waals surface area contributed by atoms with Gasteiger partial charge in [-0.1, -0.05) is 36.4 Å². The van der Waals surface area contributed by atoms with Crippen LogP contribution in [0.5, 0.6) is 0 Å². The molecule has 2 aromatic rings. The first-order valence-corrected chi connectivity index (χ1v) is 16.6. The van der Waals surface area contributed by atoms with Gasteiger partial charge in [0, 0.05) is 0 Å². The molecule has 192 valence electrons. The molecule has 36 heavy (non-hydrogen) atoms. The Morgan fingerprint density at radius 2 is 1.06 bits per heavy atom. The molecular weight excluding hydrogens is 529 g/mol. The van der Waals surface area contributed by atoms with Crippen molar-refractivity contribution >= 4 is 67.2 Å². The number of aliphatic imine (C=N–C) groups is 2. The van der Waals surface area contributed by atoms with Crippen molar-refractivity contribution in [1.29, 1.82) is 0 Å². The van der Waals surface area contributed by atoms with E-state index in [0.717, 1.165) is 20.1 Å². The van der Waals surface area contributed by atoms with E-state index in [-0.39, 0.29) is 22.9 Å². The van der Waals surface area contributed by atoms with E-state index in [9.17, 15) is 0 Å². The zero-order valence-electron chi connectivity index (χ0n) is 21.4. The molecule has 0 amide bonds. The monoisotopic (exact) mass is 560 g/mol. The summed E-state index contributed by atoms with van der Waals surface area (Å²) in [5.74, 6) is 0. The SMILES string of the molecule is CON1CC2(c3ccccc31)C(N=C(SC)SC)C1(CN(OC)c3ccccc31)C2N=C(SC)SC. The molecular formula is C26H32N4O2S4. The van der Waals surface area contributed by atoms with Crippen LogP contribution in [0.2, 0.25) is 0 Å². The molecule has 0 bridgehead atoms. The summed E-state index contributed by atoms with van der Waals surface area (Å²) in [4.78, 5) is 22.9. The molecule has 1 aliphatic carbocycles. The highest BCUT2D eigenvalue weighted by atomic mass is 32.2. The lowest BCUT2D eigenvalue weighted by Gasteiger charge is -2.63. The normalized spacial score (nSPS) is 27.7. The Balaban J connectivity index is 1.82. The number of hydroxylamine groups is 2. The van der Waals surface area contributed by atoms with Gasteiger partial charge in [-0.2, -0.15) is 0 Å². The number of hydrogen-bond donors (Lipinski definition) is 0. The summed E-state index contributed by atoms with van der Waals surface area (Å²) < 4.78 is 2.16. The molecule has 0 N–H and O–H groups in total. The zero-order chi connectivity index (χ0) is 25.5. The van der Waals surface area contributed by atoms with E-state index in [1.807, 2.05) is 10.1 Å². The van der Waals surface area contributed by atoms with Gasteiger partial charge in [-0.15, -0.1) is 47.0 Å². The lowest BCUT2D eigenvalue weighted by atomic mass is 9.42. The van der Waals surface area contributed by atoms with Gasteiger partial charge in [0.2, 0.25) is 0 Å². The number of nitrogens with zero attached hydrogens (tertiary/aromatic N) is 4. The van der Waals surface area contributed by atoms with Crippen molar-refractivity contribution in [3.63, 3.8) is 0 Å². The van der Waals surface area contributed by atoms with Gasteiger partial charge < -0.3 is 0 Å². The number of fused-ring (bicyclic) bond motifs is 4. The van der Waals surface area contributed by atoms with E-state index < -0.39 is 0 Å². The minimum atomic E-state index is -0.336. The molecule has 0 aromatic heterocycles. The molecule has 0 radical (unpaired) electrons. The van der Waals surface area contributed by atoms with Gasteiger partial charge in [-0.05, 0) is 48.3 Å². The van der Waals surface area contributed by atoms with Gasteiger partial charge in [0.25, 0.3) is 0 Å². The average molecular weight is 561 g/mol. The van der Waals surface area contributed by atoms with Crippen LogP contribution in [0.1, 0.15) is 11.1 Å². The molecule has 0 unspecified atom stereocenters. The van der Waals surface area contributed by atoms with Gasteiger partial charge >= 0.3 is 0 Å². The molecule has 1 fully saturated rings. The minimum absolute atomic E-state index is 0.0405. The fourth-order valence-corrected chi connectivity index (χ4v) is 8.59. The Bertz CT molecular complexity index is 1080. The van der Waals surface area contributed by atoms with Crippen LogP contribution >= 0.6 is 47.0 Å². The highest BCUT2D eigenvalue weighted by Crippen LogP contribution is 2.67. The molecule has 2 aromatic carbocycles. The molecule has 2 spiro atoms. The molecule has 10 heteroatoms. The highest BCUT2D eigenvalue weighted by molar-refractivity contribution is 8.38. The van der Waals surface area contributed by atoms with Crippen molar-refractivity contribution in [3.05, 3.63) is 59.7 Å². The Labute approximate surface area is 231 Å². The highest BCUT2D eigenvalue weighted by Gasteiger charge is 2.77. The van der Waals surface area contributed by atoms with Gasteiger partial charge in [0.15, 0.2) is 0 Å². The van der Waals surface area contributed by atoms with Crippen LogP contribution < -0.4 is 10.1 Å². The minimum Gasteiger partial charge on any atom is -0.277 e. The smallest absolute Gasteiger partial charge is 0.124 e. The predicted octanol–water partition coefficient (Wildman–Crippen LogP) is 5.54. The standard InChI is InChI=1S/C26H32N4O2S4/c1-31-29-15-25(17-11-7-9-13-19(17)29)21(27-23(33-3)34-4)26(22(25)28-24(35-5)36-6)16-30(32-2)20-14-10-8-12-18(20)26/h7-14,21-22H,15-16H2,1-6H3. The quantitative estimate of drug-likeness (QED) is 0.357. The summed E-state index contributed by atoms with van der Waals surface area (Å²) in [7, 11) is 3.51. The van der Waals surface area contributed by atoms with Crippen LogP contribution in [0.15, 0.2) is 58.5 Å². The molecule has 2 aliphatic heterocycles. The van der Waals surface area contributed by atoms with Gasteiger partial charge in [0.1, 0.15) is 8.75 Å². The zero-order valence-corrected chi connectivity index (χ0v) is 24.7. The number of para-hydroxylation sites is 2. The molecule has 0 saturated heterocycles. The van der Waals surface area contributed by atoms with Crippen molar-refractivity contribution in [1.82, 2.24) is 0 Å². The molecule has 5 rings (SSSR count). The number of benzene rings is 2. The Morgan fingerprint density at radius 3 is 1.39 bits per heavy atom. The van der Waals surface area contributed by atoms with Gasteiger partial charge in [-0.25, -0.2) is 0 Å². The fraction of sp³-hybridized carbons (Fsp3) is 0.462. The fourth-order valence-electron chi connectivity index (χ4n) is 6.42. The first-order valence-electron chi connectivity index (χ1n) is 11.7. The Morgan fingerprint density at radius 1 is 0.694 bits per heavy atom. The van der Waals surface area contributed by atoms with E-state index in [2.05, 4.69) is 73.6 Å². The molecule has 1 saturated carbocycles.